The highest BCUT2D eigenvalue weighted by Crippen LogP contribution is 2.39. The molecule has 2 heterocycles. The molecule has 5 aromatic rings. The first-order valence-corrected chi connectivity index (χ1v) is 19.8. The van der Waals surface area contributed by atoms with Gasteiger partial charge in [-0.3, -0.25) is 14.2 Å². The van der Waals surface area contributed by atoms with Crippen molar-refractivity contribution in [3.63, 3.8) is 0 Å². The van der Waals surface area contributed by atoms with Gasteiger partial charge in [-0.05, 0) is 89.9 Å². The van der Waals surface area contributed by atoms with Gasteiger partial charge in [0.05, 0.1) is 26.6 Å². The molecule has 1 aliphatic rings. The Balaban J connectivity index is 1.29. The third-order valence-electron chi connectivity index (χ3n) is 10.4. The topological polar surface area (TPSA) is 88.0 Å². The first kappa shape index (κ1) is 38.4. The highest BCUT2D eigenvalue weighted by Gasteiger charge is 2.40. The summed E-state index contributed by atoms with van der Waals surface area (Å²) in [6.07, 6.45) is 3.45. The van der Waals surface area contributed by atoms with Gasteiger partial charge < -0.3 is 15.4 Å². The molecule has 0 saturated heterocycles. The average Bonchev–Trinajstić information content (AvgIpc) is 3.63. The Kier molecular flexibility index (Phi) is 11.3. The molecule has 1 aromatic heterocycles. The zero-order chi connectivity index (χ0) is 38.1. The van der Waals surface area contributed by atoms with Gasteiger partial charge in [0.15, 0.2) is 18.1 Å². The lowest BCUT2D eigenvalue weighted by Gasteiger charge is -2.32. The van der Waals surface area contributed by atoms with Crippen LogP contribution in [0.3, 0.4) is 0 Å². The number of benzene rings is 4. The van der Waals surface area contributed by atoms with Crippen LogP contribution < -0.4 is 25.3 Å². The highest BCUT2D eigenvalue weighted by molar-refractivity contribution is 7.16. The lowest BCUT2D eigenvalue weighted by Crippen LogP contribution is -2.36. The van der Waals surface area contributed by atoms with Gasteiger partial charge in [-0.25, -0.2) is 0 Å². The number of halogens is 2. The maximum Gasteiger partial charge on any atom is 0.309 e. The van der Waals surface area contributed by atoms with E-state index in [-0.39, 0.29) is 33.7 Å². The number of carbonyl (C=O) groups is 1. The van der Waals surface area contributed by atoms with Gasteiger partial charge >= 0.3 is 4.87 Å². The van der Waals surface area contributed by atoms with Crippen LogP contribution in [0.15, 0.2) is 94.8 Å². The van der Waals surface area contributed by atoms with Crippen molar-refractivity contribution in [2.75, 3.05) is 15.6 Å². The van der Waals surface area contributed by atoms with Gasteiger partial charge in [0.2, 0.25) is 0 Å². The molecule has 4 aromatic carbocycles. The SMILES string of the molecule is CCCC(Nc1ccc(N2N=C(Nc3ccc(Cl)cc3Cl)C(n3c(=O)sc4ccccc43)C2=O)cc1)Oc1ccc(C(C)(C)CC)cc1C(C)(C)CC. The maximum absolute atomic E-state index is 14.3. The predicted octanol–water partition coefficient (Wildman–Crippen LogP) is 11.4. The number of nitrogens with zero attached hydrogens (tertiary/aromatic N) is 3. The average molecular weight is 773 g/mol. The van der Waals surface area contributed by atoms with E-state index in [1.165, 1.54) is 20.7 Å². The fraction of sp³-hybridized carbons (Fsp3) is 0.357. The van der Waals surface area contributed by atoms with Gasteiger partial charge in [-0.15, -0.1) is 5.10 Å². The number of carbonyl (C=O) groups excluding carboxylic acids is 1. The number of hydrazone groups is 1. The van der Waals surface area contributed by atoms with Crippen LogP contribution in [0.1, 0.15) is 91.3 Å². The van der Waals surface area contributed by atoms with Crippen LogP contribution in [0.2, 0.25) is 10.0 Å². The number of hydrogen-bond acceptors (Lipinski definition) is 7. The lowest BCUT2D eigenvalue weighted by molar-refractivity contribution is -0.119. The molecule has 2 unspecified atom stereocenters. The van der Waals surface area contributed by atoms with Crippen LogP contribution in [0.5, 0.6) is 5.75 Å². The number of hydrogen-bond donors (Lipinski definition) is 2. The van der Waals surface area contributed by atoms with E-state index < -0.39 is 6.04 Å². The molecule has 0 spiro atoms. The Morgan fingerprint density at radius 2 is 1.60 bits per heavy atom. The molecule has 6 rings (SSSR count). The van der Waals surface area contributed by atoms with E-state index in [1.807, 2.05) is 48.5 Å². The van der Waals surface area contributed by atoms with Crippen LogP contribution in [-0.2, 0) is 15.6 Å². The Labute approximate surface area is 325 Å². The molecule has 53 heavy (non-hydrogen) atoms. The number of amides is 1. The number of thiazole rings is 1. The van der Waals surface area contributed by atoms with Crippen molar-refractivity contribution >= 4 is 73.6 Å². The molecule has 0 fully saturated rings. The van der Waals surface area contributed by atoms with E-state index in [0.717, 1.165) is 53.2 Å². The zero-order valence-corrected chi connectivity index (χ0v) is 33.6. The van der Waals surface area contributed by atoms with Crippen LogP contribution in [-0.4, -0.2) is 22.5 Å². The predicted molar refractivity (Wildman–Crippen MR) is 223 cm³/mol. The third-order valence-corrected chi connectivity index (χ3v) is 11.9. The summed E-state index contributed by atoms with van der Waals surface area (Å²) in [7, 11) is 0. The van der Waals surface area contributed by atoms with Crippen LogP contribution >= 0.6 is 34.5 Å². The summed E-state index contributed by atoms with van der Waals surface area (Å²) in [5.74, 6) is 0.773. The molecule has 2 atom stereocenters. The van der Waals surface area contributed by atoms with E-state index >= 15 is 0 Å². The molecule has 1 aliphatic heterocycles. The van der Waals surface area contributed by atoms with Crippen LogP contribution in [0.25, 0.3) is 10.2 Å². The molecule has 0 aliphatic carbocycles. The van der Waals surface area contributed by atoms with E-state index in [9.17, 15) is 9.59 Å². The normalized spacial score (nSPS) is 15.5. The Hall–Kier alpha value is -4.31. The number of fused-ring (bicyclic) bond motifs is 1. The summed E-state index contributed by atoms with van der Waals surface area (Å²) >= 11 is 13.8. The van der Waals surface area contributed by atoms with Crippen molar-refractivity contribution < 1.29 is 9.53 Å². The second kappa shape index (κ2) is 15.6. The third kappa shape index (κ3) is 7.98. The second-order valence-electron chi connectivity index (χ2n) is 14.8. The molecule has 11 heteroatoms. The fourth-order valence-corrected chi connectivity index (χ4v) is 7.71. The van der Waals surface area contributed by atoms with E-state index in [1.54, 1.807) is 18.2 Å². The van der Waals surface area contributed by atoms with Crippen molar-refractivity contribution in [1.82, 2.24) is 4.57 Å². The Morgan fingerprint density at radius 3 is 2.28 bits per heavy atom. The Bertz CT molecular complexity index is 2210. The summed E-state index contributed by atoms with van der Waals surface area (Å²) in [5.41, 5.74) is 5.06. The minimum absolute atomic E-state index is 0.0634. The van der Waals surface area contributed by atoms with E-state index in [4.69, 9.17) is 33.0 Å². The highest BCUT2D eigenvalue weighted by atomic mass is 35.5. The van der Waals surface area contributed by atoms with Gasteiger partial charge in [0, 0.05) is 22.7 Å². The van der Waals surface area contributed by atoms with Crippen molar-refractivity contribution in [3.8, 4) is 5.75 Å². The summed E-state index contributed by atoms with van der Waals surface area (Å²) in [6, 6.07) is 25.5. The molecular weight excluding hydrogens is 725 g/mol. The van der Waals surface area contributed by atoms with Crippen molar-refractivity contribution in [2.45, 2.75) is 97.2 Å². The van der Waals surface area contributed by atoms with Crippen molar-refractivity contribution in [1.29, 1.82) is 0 Å². The minimum Gasteiger partial charge on any atom is -0.470 e. The molecule has 0 radical (unpaired) electrons. The van der Waals surface area contributed by atoms with Gasteiger partial charge in [-0.1, -0.05) is 114 Å². The monoisotopic (exact) mass is 771 g/mol. The number of ether oxygens (including phenoxy) is 1. The summed E-state index contributed by atoms with van der Waals surface area (Å²) < 4.78 is 9.03. The standard InChI is InChI=1S/C42H47Cl2N5O3S/c1-8-13-36(52-34-23-16-26(41(4,5)9-2)24-30(34)42(6,7)10-3)45-28-18-20-29(21-19-28)49-39(50)37(48-33-14-11-12-15-35(33)53-40(48)51)38(47-49)46-32-22-17-27(43)25-31(32)44/h11-12,14-25,36-37,45H,8-10,13H2,1-7H3,(H,46,47). The van der Waals surface area contributed by atoms with Crippen molar-refractivity contribution in [3.05, 3.63) is 116 Å². The van der Waals surface area contributed by atoms with Gasteiger partial charge in [0.1, 0.15) is 5.75 Å². The number of aromatic nitrogens is 1. The molecule has 0 bridgehead atoms. The number of anilines is 3. The first-order chi connectivity index (χ1) is 25.3. The Morgan fingerprint density at radius 1 is 0.887 bits per heavy atom. The van der Waals surface area contributed by atoms with Gasteiger partial charge in [0.25, 0.3) is 5.91 Å². The molecular formula is C42H47Cl2N5O3S. The first-order valence-electron chi connectivity index (χ1n) is 18.2. The number of para-hydroxylation sites is 1. The van der Waals surface area contributed by atoms with E-state index in [2.05, 4.69) is 77.3 Å². The van der Waals surface area contributed by atoms with Crippen LogP contribution in [0, 0.1) is 0 Å². The second-order valence-corrected chi connectivity index (χ2v) is 16.6. The fourth-order valence-electron chi connectivity index (χ4n) is 6.35. The number of rotatable bonds is 13. The number of amidine groups is 1. The molecule has 8 nitrogen and oxygen atoms in total. The zero-order valence-electron chi connectivity index (χ0n) is 31.3. The summed E-state index contributed by atoms with van der Waals surface area (Å²) in [5, 5.41) is 13.7. The maximum atomic E-state index is 14.3. The summed E-state index contributed by atoms with van der Waals surface area (Å²) in [6.45, 7) is 15.7. The minimum atomic E-state index is -1.04. The quantitative estimate of drug-likeness (QED) is 0.116. The molecule has 1 amide bonds. The molecule has 278 valence electrons. The number of nitrogens with one attached hydrogen (secondary N) is 2. The molecule has 2 N–H and O–H groups in total. The van der Waals surface area contributed by atoms with Crippen molar-refractivity contribution in [2.24, 2.45) is 5.10 Å². The van der Waals surface area contributed by atoms with Gasteiger partial charge in [-0.2, -0.15) is 5.01 Å². The lowest BCUT2D eigenvalue weighted by atomic mass is 9.76. The molecule has 0 saturated carbocycles. The largest absolute Gasteiger partial charge is 0.470 e. The van der Waals surface area contributed by atoms with Crippen LogP contribution in [0.4, 0.5) is 17.1 Å². The summed E-state index contributed by atoms with van der Waals surface area (Å²) in [4.78, 5) is 27.4. The smallest absolute Gasteiger partial charge is 0.309 e. The van der Waals surface area contributed by atoms with E-state index in [0.29, 0.717) is 26.9 Å².